The molecule has 3 aromatic rings. The molecule has 0 spiro atoms. The smallest absolute Gasteiger partial charge is 0.282 e. The van der Waals surface area contributed by atoms with Gasteiger partial charge in [0.25, 0.3) is 11.8 Å². The predicted octanol–water partition coefficient (Wildman–Crippen LogP) is 5.29. The average Bonchev–Trinajstić information content (AvgIpc) is 3.11. The SMILES string of the molecule is COc1cc(/C=C2/C(=O)NN(c3ccccc3)C2=O)c(Br)c(Cl)c1OCc1ccccc1F. The summed E-state index contributed by atoms with van der Waals surface area (Å²) in [6, 6.07) is 16.6. The van der Waals surface area contributed by atoms with E-state index >= 15 is 0 Å². The summed E-state index contributed by atoms with van der Waals surface area (Å²) in [7, 11) is 1.43. The minimum atomic E-state index is -0.550. The van der Waals surface area contributed by atoms with Gasteiger partial charge in [-0.05, 0) is 51.8 Å². The van der Waals surface area contributed by atoms with Gasteiger partial charge in [0.15, 0.2) is 11.5 Å². The molecule has 1 fully saturated rings. The fourth-order valence-electron chi connectivity index (χ4n) is 3.23. The van der Waals surface area contributed by atoms with Crippen LogP contribution in [-0.2, 0) is 16.2 Å². The van der Waals surface area contributed by atoms with Crippen LogP contribution in [-0.4, -0.2) is 18.9 Å². The van der Waals surface area contributed by atoms with Crippen LogP contribution in [0.5, 0.6) is 11.5 Å². The highest BCUT2D eigenvalue weighted by Gasteiger charge is 2.34. The number of ether oxygens (including phenoxy) is 2. The maximum atomic E-state index is 13.9. The lowest BCUT2D eigenvalue weighted by molar-refractivity contribution is -0.117. The first-order chi connectivity index (χ1) is 15.9. The summed E-state index contributed by atoms with van der Waals surface area (Å²) in [5.41, 5.74) is 3.79. The van der Waals surface area contributed by atoms with Crippen molar-refractivity contribution in [2.75, 3.05) is 12.1 Å². The van der Waals surface area contributed by atoms with E-state index in [2.05, 4.69) is 21.4 Å². The van der Waals surface area contributed by atoms with Crippen molar-refractivity contribution in [3.05, 3.63) is 92.7 Å². The van der Waals surface area contributed by atoms with E-state index in [1.54, 1.807) is 48.5 Å². The molecule has 1 saturated heterocycles. The molecule has 0 saturated carbocycles. The van der Waals surface area contributed by atoms with Gasteiger partial charge in [-0.3, -0.25) is 15.0 Å². The number of hydrazine groups is 1. The van der Waals surface area contributed by atoms with Crippen molar-refractivity contribution >= 4 is 51.1 Å². The lowest BCUT2D eigenvalue weighted by atomic mass is 10.1. The van der Waals surface area contributed by atoms with Crippen LogP contribution in [0.3, 0.4) is 0 Å². The van der Waals surface area contributed by atoms with Crippen LogP contribution in [0.4, 0.5) is 10.1 Å². The second-order valence-corrected chi connectivity index (χ2v) is 8.15. The molecule has 1 aliphatic heterocycles. The Bertz CT molecular complexity index is 1270. The number of nitrogens with one attached hydrogen (secondary N) is 1. The normalized spacial score (nSPS) is 14.5. The quantitative estimate of drug-likeness (QED) is 0.347. The maximum absolute atomic E-state index is 13.9. The van der Waals surface area contributed by atoms with E-state index < -0.39 is 17.6 Å². The van der Waals surface area contributed by atoms with Gasteiger partial charge in [0.05, 0.1) is 12.8 Å². The molecule has 0 aromatic heterocycles. The van der Waals surface area contributed by atoms with E-state index in [0.29, 0.717) is 21.3 Å². The summed E-state index contributed by atoms with van der Waals surface area (Å²) in [6.07, 6.45) is 1.42. The molecule has 4 rings (SSSR count). The number of methoxy groups -OCH3 is 1. The number of nitrogens with zero attached hydrogens (tertiary/aromatic N) is 1. The van der Waals surface area contributed by atoms with Gasteiger partial charge in [0.2, 0.25) is 0 Å². The number of halogens is 3. The Morgan fingerprint density at radius 3 is 2.52 bits per heavy atom. The zero-order valence-electron chi connectivity index (χ0n) is 17.3. The van der Waals surface area contributed by atoms with Gasteiger partial charge in [0, 0.05) is 10.0 Å². The van der Waals surface area contributed by atoms with Crippen LogP contribution < -0.4 is 19.9 Å². The van der Waals surface area contributed by atoms with E-state index in [4.69, 9.17) is 21.1 Å². The van der Waals surface area contributed by atoms with E-state index in [0.717, 1.165) is 0 Å². The lowest BCUT2D eigenvalue weighted by Crippen LogP contribution is -2.35. The number of anilines is 1. The summed E-state index contributed by atoms with van der Waals surface area (Å²) in [5, 5.41) is 1.33. The Labute approximate surface area is 202 Å². The van der Waals surface area contributed by atoms with E-state index in [1.807, 2.05) is 6.07 Å². The van der Waals surface area contributed by atoms with Crippen molar-refractivity contribution in [2.45, 2.75) is 6.61 Å². The Hall–Kier alpha value is -3.36. The van der Waals surface area contributed by atoms with Crippen LogP contribution in [0.2, 0.25) is 5.02 Å². The fraction of sp³-hybridized carbons (Fsp3) is 0.0833. The second kappa shape index (κ2) is 9.64. The summed E-state index contributed by atoms with van der Waals surface area (Å²) < 4.78 is 25.5. The highest BCUT2D eigenvalue weighted by Crippen LogP contribution is 2.44. The maximum Gasteiger partial charge on any atom is 0.282 e. The molecule has 9 heteroatoms. The Morgan fingerprint density at radius 2 is 1.82 bits per heavy atom. The fourth-order valence-corrected chi connectivity index (χ4v) is 3.90. The predicted molar refractivity (Wildman–Crippen MR) is 126 cm³/mol. The number of hydrogen-bond donors (Lipinski definition) is 1. The molecule has 0 bridgehead atoms. The summed E-state index contributed by atoms with van der Waals surface area (Å²) >= 11 is 9.90. The van der Waals surface area contributed by atoms with E-state index in [9.17, 15) is 14.0 Å². The number of amides is 2. The first-order valence-electron chi connectivity index (χ1n) is 9.75. The van der Waals surface area contributed by atoms with E-state index in [-0.39, 0.29) is 28.7 Å². The van der Waals surface area contributed by atoms with Crippen LogP contribution in [0, 0.1) is 5.82 Å². The van der Waals surface area contributed by atoms with Crippen molar-refractivity contribution < 1.29 is 23.5 Å². The third kappa shape index (κ3) is 4.58. The average molecular weight is 532 g/mol. The summed E-state index contributed by atoms with van der Waals surface area (Å²) in [4.78, 5) is 25.4. The van der Waals surface area contributed by atoms with Gasteiger partial charge in [-0.2, -0.15) is 0 Å². The summed E-state index contributed by atoms with van der Waals surface area (Å²) in [5.74, 6) is -0.998. The molecule has 6 nitrogen and oxygen atoms in total. The molecule has 2 amide bonds. The largest absolute Gasteiger partial charge is 0.493 e. The second-order valence-electron chi connectivity index (χ2n) is 6.98. The van der Waals surface area contributed by atoms with Crippen molar-refractivity contribution in [1.82, 2.24) is 5.43 Å². The van der Waals surface area contributed by atoms with Crippen molar-refractivity contribution in [3.8, 4) is 11.5 Å². The molecule has 0 radical (unpaired) electrons. The number of carbonyl (C=O) groups is 2. The first kappa shape index (κ1) is 22.8. The topological polar surface area (TPSA) is 67.9 Å². The third-order valence-electron chi connectivity index (χ3n) is 4.91. The Balaban J connectivity index is 1.65. The van der Waals surface area contributed by atoms with Gasteiger partial charge >= 0.3 is 0 Å². The molecule has 168 valence electrons. The zero-order valence-corrected chi connectivity index (χ0v) is 19.6. The lowest BCUT2D eigenvalue weighted by Gasteiger charge is -2.16. The third-order valence-corrected chi connectivity index (χ3v) is 6.35. The number of benzene rings is 3. The van der Waals surface area contributed by atoms with Crippen LogP contribution in [0.1, 0.15) is 11.1 Å². The highest BCUT2D eigenvalue weighted by molar-refractivity contribution is 9.10. The van der Waals surface area contributed by atoms with Gasteiger partial charge in [0.1, 0.15) is 23.0 Å². The van der Waals surface area contributed by atoms with Crippen LogP contribution in [0.15, 0.2) is 70.7 Å². The molecule has 33 heavy (non-hydrogen) atoms. The number of para-hydroxylation sites is 1. The molecule has 3 aromatic carbocycles. The van der Waals surface area contributed by atoms with Gasteiger partial charge < -0.3 is 9.47 Å². The molecular weight excluding hydrogens is 515 g/mol. The van der Waals surface area contributed by atoms with Crippen LogP contribution in [0.25, 0.3) is 6.08 Å². The molecule has 1 aliphatic rings. The van der Waals surface area contributed by atoms with Gasteiger partial charge in [-0.1, -0.05) is 48.0 Å². The zero-order chi connectivity index (χ0) is 23.5. The molecular formula is C24H17BrClFN2O4. The Morgan fingerprint density at radius 1 is 1.12 bits per heavy atom. The van der Waals surface area contributed by atoms with Crippen LogP contribution >= 0.6 is 27.5 Å². The van der Waals surface area contributed by atoms with E-state index in [1.165, 1.54) is 24.3 Å². The van der Waals surface area contributed by atoms with Gasteiger partial charge in [-0.25, -0.2) is 9.40 Å². The van der Waals surface area contributed by atoms with Crippen molar-refractivity contribution in [2.24, 2.45) is 0 Å². The Kier molecular flexibility index (Phi) is 6.67. The minimum Gasteiger partial charge on any atom is -0.493 e. The molecule has 1 N–H and O–H groups in total. The minimum absolute atomic E-state index is 0.0669. The van der Waals surface area contributed by atoms with Crippen molar-refractivity contribution in [1.29, 1.82) is 0 Å². The molecule has 1 heterocycles. The highest BCUT2D eigenvalue weighted by atomic mass is 79.9. The first-order valence-corrected chi connectivity index (χ1v) is 10.9. The number of carbonyl (C=O) groups excluding carboxylic acids is 2. The molecule has 0 atom stereocenters. The number of rotatable bonds is 6. The number of hydrogen-bond acceptors (Lipinski definition) is 4. The standard InChI is InChI=1S/C24H17BrClFN2O4/c1-32-19-12-15(11-17-23(30)28-29(24(17)31)16-8-3-2-4-9-16)20(25)21(26)22(19)33-13-14-7-5-6-10-18(14)27/h2-12H,13H2,1H3,(H,28,30)/b17-11-. The molecule has 0 aliphatic carbocycles. The van der Waals surface area contributed by atoms with Crippen molar-refractivity contribution in [3.63, 3.8) is 0 Å². The monoisotopic (exact) mass is 530 g/mol. The summed E-state index contributed by atoms with van der Waals surface area (Å²) in [6.45, 7) is -0.0669. The van der Waals surface area contributed by atoms with Gasteiger partial charge in [-0.15, -0.1) is 0 Å². The molecule has 0 unspecified atom stereocenters.